The molecule has 0 bridgehead atoms. The third-order valence-electron chi connectivity index (χ3n) is 6.68. The summed E-state index contributed by atoms with van der Waals surface area (Å²) in [6.45, 7) is 6.43. The van der Waals surface area contributed by atoms with Gasteiger partial charge in [-0.2, -0.15) is 0 Å². The third-order valence-corrected chi connectivity index (χ3v) is 6.68. The molecule has 2 nitrogen and oxygen atoms in total. The minimum absolute atomic E-state index is 0.754. The van der Waals surface area contributed by atoms with E-state index >= 15 is 0 Å². The van der Waals surface area contributed by atoms with Crippen molar-refractivity contribution in [1.82, 2.24) is 9.80 Å². The molecule has 2 atom stereocenters. The molecule has 3 rings (SSSR count). The zero-order chi connectivity index (χ0) is 14.2. The summed E-state index contributed by atoms with van der Waals surface area (Å²) in [6.07, 6.45) is 11.8. The molecule has 0 N–H and O–H groups in total. The summed E-state index contributed by atoms with van der Waals surface area (Å²) >= 11 is 0. The Balaban J connectivity index is 1.40. The number of likely N-dealkylation sites (tertiary alicyclic amines) is 2. The average Bonchev–Trinajstić information content (AvgIpc) is 2.79. The normalized spacial score (nSPS) is 43.0. The van der Waals surface area contributed by atoms with E-state index in [0.29, 0.717) is 0 Å². The maximum absolute atomic E-state index is 2.64. The number of hydrogen-bond donors (Lipinski definition) is 0. The quantitative estimate of drug-likeness (QED) is 0.775. The molecular formula is C18H34N2. The van der Waals surface area contributed by atoms with Gasteiger partial charge in [-0.15, -0.1) is 0 Å². The van der Waals surface area contributed by atoms with Crippen molar-refractivity contribution < 1.29 is 0 Å². The lowest BCUT2D eigenvalue weighted by molar-refractivity contribution is 0.0469. The van der Waals surface area contributed by atoms with E-state index in [1.54, 1.807) is 0 Å². The van der Waals surface area contributed by atoms with Crippen molar-refractivity contribution in [1.29, 1.82) is 0 Å². The van der Waals surface area contributed by atoms with Crippen LogP contribution in [0, 0.1) is 17.3 Å². The fraction of sp³-hybridized carbons (Fsp3) is 1.00. The van der Waals surface area contributed by atoms with Crippen LogP contribution < -0.4 is 0 Å². The van der Waals surface area contributed by atoms with E-state index in [0.717, 1.165) is 23.3 Å². The molecule has 2 aliphatic heterocycles. The minimum atomic E-state index is 0.754. The number of piperidine rings is 1. The predicted molar refractivity (Wildman–Crippen MR) is 85.9 cm³/mol. The number of nitrogens with zero attached hydrogens (tertiary/aromatic N) is 2. The lowest BCUT2D eigenvalue weighted by Gasteiger charge is -2.46. The smallest absolute Gasteiger partial charge is 0.00949 e. The summed E-state index contributed by atoms with van der Waals surface area (Å²) in [6, 6.07) is 0.886. The number of hydrogen-bond acceptors (Lipinski definition) is 2. The zero-order valence-electron chi connectivity index (χ0n) is 13.9. The standard InChI is InChI=1S/C18H34N2/c1-4-15-7-9-20(3)17(11-15)6-5-16-12-18(13-16)8-10-19(2)14-18/h15-17H,4-14H2,1-3H3. The van der Waals surface area contributed by atoms with Gasteiger partial charge in [-0.05, 0) is 89.4 Å². The van der Waals surface area contributed by atoms with E-state index < -0.39 is 0 Å². The van der Waals surface area contributed by atoms with Crippen molar-refractivity contribution in [3.05, 3.63) is 0 Å². The van der Waals surface area contributed by atoms with Crippen LogP contribution in [0.2, 0.25) is 0 Å². The topological polar surface area (TPSA) is 6.48 Å². The molecule has 3 fully saturated rings. The Kier molecular flexibility index (Phi) is 4.42. The molecule has 0 aromatic heterocycles. The molecule has 116 valence electrons. The molecule has 2 heterocycles. The van der Waals surface area contributed by atoms with Gasteiger partial charge in [0.25, 0.3) is 0 Å². The molecule has 0 aromatic rings. The summed E-state index contributed by atoms with van der Waals surface area (Å²) in [4.78, 5) is 5.18. The van der Waals surface area contributed by atoms with E-state index in [2.05, 4.69) is 30.8 Å². The average molecular weight is 278 g/mol. The lowest BCUT2D eigenvalue weighted by Crippen LogP contribution is -2.42. The summed E-state index contributed by atoms with van der Waals surface area (Å²) in [7, 11) is 4.65. The zero-order valence-corrected chi connectivity index (χ0v) is 13.9. The molecule has 2 saturated heterocycles. The first-order valence-corrected chi connectivity index (χ1v) is 8.99. The highest BCUT2D eigenvalue weighted by molar-refractivity contribution is 4.99. The second-order valence-corrected chi connectivity index (χ2v) is 8.27. The van der Waals surface area contributed by atoms with E-state index in [1.807, 2.05) is 0 Å². The molecule has 1 aliphatic carbocycles. The highest BCUT2D eigenvalue weighted by Gasteiger charge is 2.47. The molecule has 0 amide bonds. The molecule has 2 heteroatoms. The molecule has 0 radical (unpaired) electrons. The van der Waals surface area contributed by atoms with E-state index in [1.165, 1.54) is 71.0 Å². The van der Waals surface area contributed by atoms with E-state index in [9.17, 15) is 0 Å². The summed E-state index contributed by atoms with van der Waals surface area (Å²) in [5, 5.41) is 0. The Labute approximate surface area is 125 Å². The van der Waals surface area contributed by atoms with Gasteiger partial charge in [-0.1, -0.05) is 13.3 Å². The van der Waals surface area contributed by atoms with Crippen molar-refractivity contribution >= 4 is 0 Å². The summed E-state index contributed by atoms with van der Waals surface area (Å²) in [5.41, 5.74) is 0.754. The van der Waals surface area contributed by atoms with Crippen LogP contribution in [-0.2, 0) is 0 Å². The SMILES string of the molecule is CCC1CCN(C)C(CCC2CC3(CCN(C)C3)C2)C1. The van der Waals surface area contributed by atoms with Crippen molar-refractivity contribution in [3.63, 3.8) is 0 Å². The molecule has 2 unspecified atom stereocenters. The van der Waals surface area contributed by atoms with Crippen LogP contribution in [0.3, 0.4) is 0 Å². The molecule has 20 heavy (non-hydrogen) atoms. The maximum Gasteiger partial charge on any atom is 0.00949 e. The van der Waals surface area contributed by atoms with Gasteiger partial charge >= 0.3 is 0 Å². The molecule has 0 aromatic carbocycles. The van der Waals surface area contributed by atoms with Gasteiger partial charge in [0.2, 0.25) is 0 Å². The van der Waals surface area contributed by atoms with Crippen LogP contribution in [0.25, 0.3) is 0 Å². The Morgan fingerprint density at radius 1 is 1.05 bits per heavy atom. The minimum Gasteiger partial charge on any atom is -0.306 e. The second-order valence-electron chi connectivity index (χ2n) is 8.27. The van der Waals surface area contributed by atoms with Crippen molar-refractivity contribution in [3.8, 4) is 0 Å². The van der Waals surface area contributed by atoms with Gasteiger partial charge < -0.3 is 9.80 Å². The molecule has 3 aliphatic rings. The van der Waals surface area contributed by atoms with E-state index in [-0.39, 0.29) is 0 Å². The number of rotatable bonds is 4. The maximum atomic E-state index is 2.64. The van der Waals surface area contributed by atoms with Crippen LogP contribution in [0.4, 0.5) is 0 Å². The molecular weight excluding hydrogens is 244 g/mol. The Morgan fingerprint density at radius 3 is 2.50 bits per heavy atom. The molecule has 1 spiro atoms. The summed E-state index contributed by atoms with van der Waals surface area (Å²) < 4.78 is 0. The van der Waals surface area contributed by atoms with Gasteiger partial charge in [-0.25, -0.2) is 0 Å². The van der Waals surface area contributed by atoms with Crippen molar-refractivity contribution in [2.45, 2.75) is 64.3 Å². The predicted octanol–water partition coefficient (Wildman–Crippen LogP) is 3.62. The van der Waals surface area contributed by atoms with Crippen LogP contribution in [0.15, 0.2) is 0 Å². The highest BCUT2D eigenvalue weighted by Crippen LogP contribution is 2.53. The van der Waals surface area contributed by atoms with Crippen molar-refractivity contribution in [2.75, 3.05) is 33.7 Å². The fourth-order valence-electron chi connectivity index (χ4n) is 5.25. The monoisotopic (exact) mass is 278 g/mol. The Morgan fingerprint density at radius 2 is 1.85 bits per heavy atom. The van der Waals surface area contributed by atoms with Gasteiger partial charge in [-0.3, -0.25) is 0 Å². The van der Waals surface area contributed by atoms with Crippen LogP contribution >= 0.6 is 0 Å². The second kappa shape index (κ2) is 5.96. The first-order chi connectivity index (χ1) is 9.60. The summed E-state index contributed by atoms with van der Waals surface area (Å²) in [5.74, 6) is 2.06. The van der Waals surface area contributed by atoms with Crippen LogP contribution in [0.1, 0.15) is 58.3 Å². The largest absolute Gasteiger partial charge is 0.306 e. The van der Waals surface area contributed by atoms with Crippen molar-refractivity contribution in [2.24, 2.45) is 17.3 Å². The van der Waals surface area contributed by atoms with Gasteiger partial charge in [0.05, 0.1) is 0 Å². The lowest BCUT2D eigenvalue weighted by atomic mass is 9.60. The van der Waals surface area contributed by atoms with Crippen LogP contribution in [0.5, 0.6) is 0 Å². The fourth-order valence-corrected chi connectivity index (χ4v) is 5.25. The van der Waals surface area contributed by atoms with Gasteiger partial charge in [0.1, 0.15) is 0 Å². The first kappa shape index (κ1) is 14.8. The first-order valence-electron chi connectivity index (χ1n) is 8.99. The molecule has 1 saturated carbocycles. The van der Waals surface area contributed by atoms with E-state index in [4.69, 9.17) is 0 Å². The van der Waals surface area contributed by atoms with Gasteiger partial charge in [0.15, 0.2) is 0 Å². The van der Waals surface area contributed by atoms with Crippen LogP contribution in [-0.4, -0.2) is 49.6 Å². The Hall–Kier alpha value is -0.0800. The van der Waals surface area contributed by atoms with Gasteiger partial charge in [0, 0.05) is 12.6 Å². The third kappa shape index (κ3) is 3.06. The highest BCUT2D eigenvalue weighted by atomic mass is 15.1. The Bertz CT molecular complexity index is 321.